The number of aromatic amines is 6. The van der Waals surface area contributed by atoms with Gasteiger partial charge in [-0.3, -0.25) is 67.0 Å². The molecule has 6 fully saturated rings. The molecule has 48 nitrogen and oxygen atoms in total. The molecule has 16 atom stereocenters. The number of halogens is 1. The number of alkyl halides is 1. The lowest BCUT2D eigenvalue weighted by Gasteiger charge is -2.24. The fraction of sp³-hybridized carbons (Fsp3) is 0.469. The lowest BCUT2D eigenvalue weighted by atomic mass is 9.99. The van der Waals surface area contributed by atoms with Gasteiger partial charge in [0, 0.05) is 11.8 Å². The molecule has 2 saturated carbocycles. The van der Waals surface area contributed by atoms with Crippen molar-refractivity contribution in [3.8, 4) is 0 Å². The summed E-state index contributed by atoms with van der Waals surface area (Å²) in [4.78, 5) is 132. The average Bonchev–Trinajstić information content (AvgIpc) is 1.60. The molecule has 4 saturated heterocycles. The number of rotatable bonds is 12. The Morgan fingerprint density at radius 1 is 0.451 bits per heavy atom. The second kappa shape index (κ2) is 32.8. The summed E-state index contributed by atoms with van der Waals surface area (Å²) in [5, 5.41) is 84.4. The number of aromatic nitrogens is 24. The predicted molar refractivity (Wildman–Crippen MR) is 389 cm³/mol. The highest BCUT2D eigenvalue weighted by Crippen LogP contribution is 2.44. The number of nitrogen functional groups attached to an aromatic ring is 4. The first kappa shape index (κ1) is 79.2. The first-order valence-electron chi connectivity index (χ1n) is 34.9. The molecule has 23 N–H and O–H groups in total. The number of ether oxygens (including phenoxy) is 5. The van der Waals surface area contributed by atoms with E-state index < -0.39 is 77.7 Å². The number of fused-ring (bicyclic) bond motifs is 6. The van der Waals surface area contributed by atoms with Crippen molar-refractivity contribution in [2.45, 2.75) is 131 Å². The van der Waals surface area contributed by atoms with Crippen molar-refractivity contribution < 1.29 is 74.0 Å². The average molecular weight is 1580 g/mol. The summed E-state index contributed by atoms with van der Waals surface area (Å²) in [6.45, 7) is 8.15. The van der Waals surface area contributed by atoms with E-state index in [9.17, 15) is 58.7 Å². The van der Waals surface area contributed by atoms with Crippen LogP contribution in [0.3, 0.4) is 0 Å². The fourth-order valence-electron chi connectivity index (χ4n) is 14.0. The Kier molecular flexibility index (Phi) is 23.0. The van der Waals surface area contributed by atoms with Gasteiger partial charge >= 0.3 is 0 Å². The number of aliphatic hydroxyl groups excluding tert-OH is 9. The van der Waals surface area contributed by atoms with Gasteiger partial charge in [-0.05, 0) is 56.6 Å². The summed E-state index contributed by atoms with van der Waals surface area (Å²) in [6, 6.07) is -0.526. The molecule has 16 heterocycles. The zero-order valence-corrected chi connectivity index (χ0v) is 59.6. The van der Waals surface area contributed by atoms with Crippen LogP contribution in [0, 0.1) is 11.8 Å². The first-order chi connectivity index (χ1) is 54.2. The van der Waals surface area contributed by atoms with Gasteiger partial charge in [0.1, 0.15) is 24.7 Å². The van der Waals surface area contributed by atoms with Crippen molar-refractivity contribution in [1.29, 1.82) is 0 Å². The van der Waals surface area contributed by atoms with Crippen molar-refractivity contribution in [2.24, 2.45) is 11.8 Å². The molecule has 0 bridgehead atoms. The van der Waals surface area contributed by atoms with E-state index in [4.69, 9.17) is 67.0 Å². The van der Waals surface area contributed by atoms with Crippen molar-refractivity contribution in [1.82, 2.24) is 117 Å². The summed E-state index contributed by atoms with van der Waals surface area (Å²) in [5.74, 6) is -0.883. The number of imidazole rings is 6. The summed E-state index contributed by atoms with van der Waals surface area (Å²) in [5.41, 5.74) is 22.2. The minimum absolute atomic E-state index is 0.00636. The fourth-order valence-corrected chi connectivity index (χ4v) is 14.0. The van der Waals surface area contributed by atoms with Crippen LogP contribution in [0.4, 0.5) is 28.2 Å². The van der Waals surface area contributed by atoms with Gasteiger partial charge in [0.15, 0.2) is 91.4 Å². The van der Waals surface area contributed by atoms with E-state index in [-0.39, 0.29) is 151 Å². The number of aliphatic hydroxyl groups is 9. The van der Waals surface area contributed by atoms with Crippen molar-refractivity contribution in [2.75, 3.05) is 69.2 Å². The molecule has 0 unspecified atom stereocenters. The summed E-state index contributed by atoms with van der Waals surface area (Å²) in [7, 11) is 0. The third-order valence-electron chi connectivity index (χ3n) is 19.8. The van der Waals surface area contributed by atoms with Crippen LogP contribution in [-0.4, -0.2) is 258 Å². The molecule has 602 valence electrons. The van der Waals surface area contributed by atoms with Gasteiger partial charge in [0.25, 0.3) is 33.4 Å². The Labute approximate surface area is 629 Å². The Morgan fingerprint density at radius 3 is 1.14 bits per heavy atom. The van der Waals surface area contributed by atoms with Gasteiger partial charge in [-0.25, -0.2) is 44.3 Å². The Hall–Kier alpha value is -11.8. The number of anilines is 4. The van der Waals surface area contributed by atoms with Gasteiger partial charge < -0.3 is 112 Å². The smallest absolute Gasteiger partial charge is 0.280 e. The van der Waals surface area contributed by atoms with Gasteiger partial charge in [-0.1, -0.05) is 13.2 Å². The number of H-pyrrole nitrogens is 6. The molecular formula is C64H79FN28O20. The monoisotopic (exact) mass is 1580 g/mol. The minimum atomic E-state index is -2.19. The molecule has 6 aliphatic rings. The highest BCUT2D eigenvalue weighted by atomic mass is 19.1. The predicted octanol–water partition coefficient (Wildman–Crippen LogP) is -4.83. The van der Waals surface area contributed by atoms with Crippen LogP contribution in [0.25, 0.3) is 67.0 Å². The van der Waals surface area contributed by atoms with Gasteiger partial charge in [0.05, 0.1) is 133 Å². The van der Waals surface area contributed by atoms with Crippen LogP contribution in [0.1, 0.15) is 82.4 Å². The van der Waals surface area contributed by atoms with E-state index >= 15 is 0 Å². The van der Waals surface area contributed by atoms with Crippen LogP contribution in [-0.2, 0) is 23.7 Å². The zero-order chi connectivity index (χ0) is 80.6. The first-order valence-corrected chi connectivity index (χ1v) is 34.9. The third kappa shape index (κ3) is 15.5. The molecule has 12 aromatic heterocycles. The molecule has 18 rings (SSSR count). The van der Waals surface area contributed by atoms with Crippen LogP contribution < -0.4 is 56.3 Å². The van der Waals surface area contributed by atoms with Gasteiger partial charge in [-0.2, -0.15) is 19.9 Å². The minimum Gasteiger partial charge on any atom is -0.396 e. The number of nitrogens with one attached hydrogen (secondary N) is 6. The molecule has 0 spiro atoms. The quantitative estimate of drug-likeness (QED) is 0.0510. The van der Waals surface area contributed by atoms with E-state index in [0.29, 0.717) is 63.3 Å². The SMILES string of the molecule is C=C1[C@H](CO)[C@@H](O)C[C@@H]1n1cnc2c(=O)[nH]c(N)nc21.C=C1[C@H](CO)[C@@H](O)C[C@@H]1n1cnc2c(=O)[nH]c(N)nc21.C[C@@]1(F)[C@H](O)[C@@H](CO)O[C@H]1n1cnc2c(=O)[nH]c(N)nc21.Nc1nc2c(ncn2[C@H]2CO[C@@H](CO)O2)c(=O)[nH]1.O=c1[nH]cnc2c1ncn2[C@H]1CC[C@@H](CO)O1.O=c1[nH]cnc2c1ncn2[C@H]1CC[C@@H](CO)O1. The van der Waals surface area contributed by atoms with Crippen LogP contribution in [0.5, 0.6) is 0 Å². The molecule has 49 heteroatoms. The van der Waals surface area contributed by atoms with Gasteiger partial charge in [-0.15, -0.1) is 0 Å². The number of hydrogen-bond donors (Lipinski definition) is 19. The van der Waals surface area contributed by atoms with Crippen molar-refractivity contribution >= 4 is 90.8 Å². The largest absolute Gasteiger partial charge is 0.396 e. The van der Waals surface area contributed by atoms with E-state index in [1.54, 1.807) is 35.5 Å². The maximum atomic E-state index is 14.7. The number of hydrogen-bond acceptors (Lipinski definition) is 36. The molecule has 4 aliphatic heterocycles. The van der Waals surface area contributed by atoms with E-state index in [0.717, 1.165) is 32.6 Å². The lowest BCUT2D eigenvalue weighted by molar-refractivity contribution is -0.0980. The molecule has 0 radical (unpaired) electrons. The van der Waals surface area contributed by atoms with Crippen LogP contribution in [0.2, 0.25) is 0 Å². The molecular weight excluding hydrogens is 1500 g/mol. The van der Waals surface area contributed by atoms with E-state index in [2.05, 4.69) is 103 Å². The third-order valence-corrected chi connectivity index (χ3v) is 19.8. The second-order valence-corrected chi connectivity index (χ2v) is 26.9. The topological polar surface area (TPSA) is 714 Å². The summed E-state index contributed by atoms with van der Waals surface area (Å²) < 4.78 is 51.4. The highest BCUT2D eigenvalue weighted by Gasteiger charge is 2.55. The maximum Gasteiger partial charge on any atom is 0.280 e. The van der Waals surface area contributed by atoms with Crippen LogP contribution >= 0.6 is 0 Å². The molecule has 0 aromatic carbocycles. The van der Waals surface area contributed by atoms with Crippen molar-refractivity contribution in [3.05, 3.63) is 137 Å². The Bertz CT molecular complexity index is 5610. The normalized spacial score (nSPS) is 26.7. The maximum absolute atomic E-state index is 14.7. The molecule has 0 amide bonds. The number of nitrogens with zero attached hydrogens (tertiary/aromatic N) is 18. The second-order valence-electron chi connectivity index (χ2n) is 26.9. The number of nitrogens with two attached hydrogens (primary N) is 4. The highest BCUT2D eigenvalue weighted by molar-refractivity contribution is 5.74. The van der Waals surface area contributed by atoms with Crippen molar-refractivity contribution in [3.63, 3.8) is 0 Å². The van der Waals surface area contributed by atoms with Gasteiger partial charge in [0.2, 0.25) is 23.8 Å². The lowest BCUT2D eigenvalue weighted by Crippen LogP contribution is -2.40. The Morgan fingerprint density at radius 2 is 0.805 bits per heavy atom. The molecule has 2 aliphatic carbocycles. The van der Waals surface area contributed by atoms with E-state index in [1.807, 2.05) is 0 Å². The summed E-state index contributed by atoms with van der Waals surface area (Å²) >= 11 is 0. The van der Waals surface area contributed by atoms with E-state index in [1.165, 1.54) is 42.5 Å². The standard InChI is InChI=1S/2C12H15N5O3.C11H14FN5O4.2C10H12N4O3.C9H11N5O4/c2*1-5-6(3-18)8(19)2-7(5)17-4-14-9-10(17)15-12(13)16-11(9)20;1-11(12)6(19)4(2-18)21-9(11)17-3-14-5-7(17)15-10(13)16-8(5)20;2*15-3-6-1-2-7(17-6)14-5-13-8-9(14)11-4-12-10(8)16;10-9-12-7-6(8(16)13-9)11-3-14(7)4-2-17-5(1-15)18-4/h2*4,6-8,18-19H,1-3H2,(H3,13,15,16,20);3-4,6,9,18-19H,2H2,1H3,(H3,13,15,16,20);2*4-7,15H,1-3H2,(H,11,12,16);3-5,15H,1-2H2,(H3,10,12,13,16)/t2*6-,7-,8-;4-,6-,9-,11-;2*6-,7+;4-,5-/m001001/s1. The Balaban J connectivity index is 0.000000119. The summed E-state index contributed by atoms with van der Waals surface area (Å²) in [6.07, 6.45) is 8.24. The molecule has 113 heavy (non-hydrogen) atoms. The van der Waals surface area contributed by atoms with Crippen LogP contribution in [0.15, 0.2) is 104 Å². The zero-order valence-electron chi connectivity index (χ0n) is 59.6. The molecule has 12 aromatic rings.